The van der Waals surface area contributed by atoms with Crippen LogP contribution in [0.25, 0.3) is 5.78 Å². The molecule has 1 atom stereocenters. The standard InChI is InChI=1S/C16H24N4O/c1-12-7-13(2)20-14(8-17-15(20)18-12)9-19-6-4-5-16(3,10-19)11-21/h7-8,21H,4-6,9-11H2,1-3H3. The number of aromatic nitrogens is 3. The Bertz CT molecular complexity index is 651. The van der Waals surface area contributed by atoms with E-state index in [0.29, 0.717) is 0 Å². The van der Waals surface area contributed by atoms with Crippen LogP contribution in [0.5, 0.6) is 0 Å². The average molecular weight is 288 g/mol. The Hall–Kier alpha value is -1.46. The highest BCUT2D eigenvalue weighted by Crippen LogP contribution is 2.29. The van der Waals surface area contributed by atoms with Crippen molar-refractivity contribution >= 4 is 5.78 Å². The van der Waals surface area contributed by atoms with Crippen molar-refractivity contribution in [1.82, 2.24) is 19.3 Å². The highest BCUT2D eigenvalue weighted by molar-refractivity contribution is 5.35. The number of aliphatic hydroxyl groups excluding tert-OH is 1. The highest BCUT2D eigenvalue weighted by atomic mass is 16.3. The quantitative estimate of drug-likeness (QED) is 0.938. The minimum absolute atomic E-state index is 0.0304. The summed E-state index contributed by atoms with van der Waals surface area (Å²) in [6, 6.07) is 2.09. The van der Waals surface area contributed by atoms with Gasteiger partial charge in [0.05, 0.1) is 11.9 Å². The minimum Gasteiger partial charge on any atom is -0.396 e. The smallest absolute Gasteiger partial charge is 0.234 e. The molecule has 0 bridgehead atoms. The molecule has 3 rings (SSSR count). The van der Waals surface area contributed by atoms with Crippen molar-refractivity contribution in [2.45, 2.75) is 40.2 Å². The molecular formula is C16H24N4O. The predicted octanol–water partition coefficient (Wildman–Crippen LogP) is 1.94. The summed E-state index contributed by atoms with van der Waals surface area (Å²) in [5.74, 6) is 0.782. The van der Waals surface area contributed by atoms with Crippen LogP contribution in [-0.2, 0) is 6.54 Å². The van der Waals surface area contributed by atoms with Gasteiger partial charge in [-0.1, -0.05) is 6.92 Å². The summed E-state index contributed by atoms with van der Waals surface area (Å²) >= 11 is 0. The lowest BCUT2D eigenvalue weighted by Crippen LogP contribution is -2.43. The van der Waals surface area contributed by atoms with Gasteiger partial charge < -0.3 is 5.11 Å². The zero-order valence-corrected chi connectivity index (χ0v) is 13.1. The fourth-order valence-electron chi connectivity index (χ4n) is 3.43. The Morgan fingerprint density at radius 2 is 2.19 bits per heavy atom. The summed E-state index contributed by atoms with van der Waals surface area (Å²) in [6.07, 6.45) is 4.18. The number of aliphatic hydroxyl groups is 1. The van der Waals surface area contributed by atoms with Crippen molar-refractivity contribution in [2.24, 2.45) is 5.41 Å². The van der Waals surface area contributed by atoms with Gasteiger partial charge in [-0.05, 0) is 39.3 Å². The minimum atomic E-state index is 0.0304. The maximum absolute atomic E-state index is 9.59. The van der Waals surface area contributed by atoms with Crippen molar-refractivity contribution in [2.75, 3.05) is 19.7 Å². The van der Waals surface area contributed by atoms with E-state index in [4.69, 9.17) is 0 Å². The topological polar surface area (TPSA) is 53.7 Å². The molecule has 1 unspecified atom stereocenters. The number of aryl methyl sites for hydroxylation is 2. The van der Waals surface area contributed by atoms with E-state index in [9.17, 15) is 5.11 Å². The molecule has 1 saturated heterocycles. The second-order valence-electron chi connectivity index (χ2n) is 6.71. The van der Waals surface area contributed by atoms with E-state index >= 15 is 0 Å². The van der Waals surface area contributed by atoms with Crippen molar-refractivity contribution in [3.8, 4) is 0 Å². The zero-order chi connectivity index (χ0) is 15.0. The number of likely N-dealkylation sites (tertiary alicyclic amines) is 1. The Kier molecular flexibility index (Phi) is 3.71. The van der Waals surface area contributed by atoms with Gasteiger partial charge in [-0.25, -0.2) is 9.97 Å². The first kappa shape index (κ1) is 14.5. The number of rotatable bonds is 3. The van der Waals surface area contributed by atoms with Crippen molar-refractivity contribution < 1.29 is 5.11 Å². The molecule has 3 heterocycles. The molecule has 1 aliphatic rings. The van der Waals surface area contributed by atoms with E-state index in [2.05, 4.69) is 39.2 Å². The first-order valence-corrected chi connectivity index (χ1v) is 7.64. The van der Waals surface area contributed by atoms with E-state index in [1.807, 2.05) is 13.1 Å². The van der Waals surface area contributed by atoms with Crippen LogP contribution in [0, 0.1) is 19.3 Å². The molecule has 114 valence electrons. The van der Waals surface area contributed by atoms with E-state index in [0.717, 1.165) is 43.9 Å². The summed E-state index contributed by atoms with van der Waals surface area (Å²) in [7, 11) is 0. The third-order valence-corrected chi connectivity index (χ3v) is 4.49. The number of imidazole rings is 1. The largest absolute Gasteiger partial charge is 0.396 e. The van der Waals surface area contributed by atoms with Crippen LogP contribution in [0.3, 0.4) is 0 Å². The fraction of sp³-hybridized carbons (Fsp3) is 0.625. The molecule has 0 spiro atoms. The molecule has 0 aliphatic carbocycles. The maximum atomic E-state index is 9.59. The summed E-state index contributed by atoms with van der Waals surface area (Å²) in [5, 5.41) is 9.59. The summed E-state index contributed by atoms with van der Waals surface area (Å²) < 4.78 is 2.14. The maximum Gasteiger partial charge on any atom is 0.234 e. The molecule has 21 heavy (non-hydrogen) atoms. The number of hydrogen-bond donors (Lipinski definition) is 1. The van der Waals surface area contributed by atoms with E-state index in [1.165, 1.54) is 11.4 Å². The third kappa shape index (κ3) is 2.80. The molecule has 1 aliphatic heterocycles. The van der Waals surface area contributed by atoms with Gasteiger partial charge in [-0.3, -0.25) is 9.30 Å². The van der Waals surface area contributed by atoms with Crippen molar-refractivity contribution in [3.63, 3.8) is 0 Å². The van der Waals surface area contributed by atoms with Crippen molar-refractivity contribution in [1.29, 1.82) is 0 Å². The second-order valence-corrected chi connectivity index (χ2v) is 6.71. The molecule has 5 nitrogen and oxygen atoms in total. The number of fused-ring (bicyclic) bond motifs is 1. The van der Waals surface area contributed by atoms with Crippen LogP contribution in [0.15, 0.2) is 12.3 Å². The zero-order valence-electron chi connectivity index (χ0n) is 13.1. The van der Waals surface area contributed by atoms with Crippen LogP contribution in [0.2, 0.25) is 0 Å². The lowest BCUT2D eigenvalue weighted by molar-refractivity contribution is 0.0422. The van der Waals surface area contributed by atoms with Gasteiger partial charge in [0.15, 0.2) is 0 Å². The summed E-state index contributed by atoms with van der Waals surface area (Å²) in [4.78, 5) is 11.3. The van der Waals surface area contributed by atoms with Gasteiger partial charge in [0.1, 0.15) is 0 Å². The molecule has 2 aromatic rings. The van der Waals surface area contributed by atoms with Crippen LogP contribution in [0.4, 0.5) is 0 Å². The Labute approximate surface area is 125 Å². The van der Waals surface area contributed by atoms with Crippen LogP contribution >= 0.6 is 0 Å². The third-order valence-electron chi connectivity index (χ3n) is 4.49. The first-order valence-electron chi connectivity index (χ1n) is 7.64. The number of piperidine rings is 1. The second kappa shape index (κ2) is 5.39. The Morgan fingerprint density at radius 3 is 2.95 bits per heavy atom. The molecular weight excluding hydrogens is 264 g/mol. The average Bonchev–Trinajstić information content (AvgIpc) is 2.82. The van der Waals surface area contributed by atoms with E-state index < -0.39 is 0 Å². The van der Waals surface area contributed by atoms with Crippen LogP contribution in [0.1, 0.15) is 36.8 Å². The SMILES string of the molecule is Cc1cc(C)n2c(CN3CCCC(C)(CO)C3)cnc2n1. The lowest BCUT2D eigenvalue weighted by Gasteiger charge is -2.39. The monoisotopic (exact) mass is 288 g/mol. The Balaban J connectivity index is 1.85. The molecule has 0 radical (unpaired) electrons. The van der Waals surface area contributed by atoms with Crippen molar-refractivity contribution in [3.05, 3.63) is 29.3 Å². The molecule has 0 amide bonds. The first-order chi connectivity index (χ1) is 10.0. The van der Waals surface area contributed by atoms with Crippen LogP contribution < -0.4 is 0 Å². The summed E-state index contributed by atoms with van der Waals surface area (Å²) in [5.41, 5.74) is 3.38. The molecule has 0 saturated carbocycles. The predicted molar refractivity (Wildman–Crippen MR) is 82.2 cm³/mol. The molecule has 2 aromatic heterocycles. The molecule has 1 fully saturated rings. The molecule has 5 heteroatoms. The fourth-order valence-corrected chi connectivity index (χ4v) is 3.43. The molecule has 0 aromatic carbocycles. The van der Waals surface area contributed by atoms with Gasteiger partial charge >= 0.3 is 0 Å². The van der Waals surface area contributed by atoms with Gasteiger partial charge in [-0.2, -0.15) is 0 Å². The lowest BCUT2D eigenvalue weighted by atomic mass is 9.83. The highest BCUT2D eigenvalue weighted by Gasteiger charge is 2.30. The van der Waals surface area contributed by atoms with E-state index in [-0.39, 0.29) is 12.0 Å². The normalized spacial score (nSPS) is 23.8. The number of nitrogens with zero attached hydrogens (tertiary/aromatic N) is 4. The van der Waals surface area contributed by atoms with Gasteiger partial charge in [0.2, 0.25) is 5.78 Å². The summed E-state index contributed by atoms with van der Waals surface area (Å²) in [6.45, 7) is 9.42. The molecule has 1 N–H and O–H groups in total. The van der Waals surface area contributed by atoms with Gasteiger partial charge in [-0.15, -0.1) is 0 Å². The number of hydrogen-bond acceptors (Lipinski definition) is 4. The van der Waals surface area contributed by atoms with Gasteiger partial charge in [0, 0.05) is 36.5 Å². The van der Waals surface area contributed by atoms with Crippen LogP contribution in [-0.4, -0.2) is 44.1 Å². The van der Waals surface area contributed by atoms with Gasteiger partial charge in [0.25, 0.3) is 0 Å². The van der Waals surface area contributed by atoms with E-state index in [1.54, 1.807) is 0 Å². The Morgan fingerprint density at radius 1 is 1.38 bits per heavy atom.